The maximum Gasteiger partial charge on any atom is 0.0773 e. The molecule has 0 amide bonds. The summed E-state index contributed by atoms with van der Waals surface area (Å²) in [5.74, 6) is 0.378. The minimum atomic E-state index is -0.601. The SMILES string of the molecule is CC(C)NCC(C)(O)C1CCOC2(CCC2)C1. The van der Waals surface area contributed by atoms with Gasteiger partial charge in [-0.15, -0.1) is 0 Å². The normalized spacial score (nSPS) is 31.2. The van der Waals surface area contributed by atoms with Gasteiger partial charge in [-0.2, -0.15) is 0 Å². The van der Waals surface area contributed by atoms with Crippen molar-refractivity contribution in [3.05, 3.63) is 0 Å². The van der Waals surface area contributed by atoms with Crippen LogP contribution >= 0.6 is 0 Å². The minimum Gasteiger partial charge on any atom is -0.389 e. The predicted molar refractivity (Wildman–Crippen MR) is 69.0 cm³/mol. The first kappa shape index (κ1) is 13.3. The van der Waals surface area contributed by atoms with Crippen LogP contribution in [-0.2, 0) is 4.74 Å². The molecule has 3 heteroatoms. The standard InChI is InChI=1S/C14H27NO2/c1-11(2)15-10-13(3,16)12-5-8-17-14(9-12)6-4-7-14/h11-12,15-16H,4-10H2,1-3H3. The highest BCUT2D eigenvalue weighted by molar-refractivity contribution is 4.98. The highest BCUT2D eigenvalue weighted by atomic mass is 16.5. The number of ether oxygens (including phenoxy) is 1. The van der Waals surface area contributed by atoms with Gasteiger partial charge in [0.15, 0.2) is 0 Å². The van der Waals surface area contributed by atoms with Gasteiger partial charge < -0.3 is 15.2 Å². The van der Waals surface area contributed by atoms with Crippen LogP contribution in [0.4, 0.5) is 0 Å². The molecule has 0 bridgehead atoms. The van der Waals surface area contributed by atoms with Crippen LogP contribution < -0.4 is 5.32 Å². The molecule has 1 saturated carbocycles. The molecular weight excluding hydrogens is 214 g/mol. The van der Waals surface area contributed by atoms with Crippen molar-refractivity contribution in [1.29, 1.82) is 0 Å². The van der Waals surface area contributed by atoms with Crippen molar-refractivity contribution in [3.8, 4) is 0 Å². The summed E-state index contributed by atoms with van der Waals surface area (Å²) in [4.78, 5) is 0. The number of hydrogen-bond donors (Lipinski definition) is 2. The summed E-state index contributed by atoms with van der Waals surface area (Å²) >= 11 is 0. The predicted octanol–water partition coefficient (Wildman–Crippen LogP) is 2.08. The maximum atomic E-state index is 10.6. The van der Waals surface area contributed by atoms with Crippen molar-refractivity contribution < 1.29 is 9.84 Å². The highest BCUT2D eigenvalue weighted by Crippen LogP contribution is 2.46. The van der Waals surface area contributed by atoms with E-state index in [1.54, 1.807) is 0 Å². The monoisotopic (exact) mass is 241 g/mol. The van der Waals surface area contributed by atoms with Crippen LogP contribution in [0.2, 0.25) is 0 Å². The van der Waals surface area contributed by atoms with E-state index in [0.717, 1.165) is 19.4 Å². The molecule has 1 spiro atoms. The van der Waals surface area contributed by atoms with Crippen LogP contribution in [0.1, 0.15) is 52.9 Å². The molecule has 2 fully saturated rings. The zero-order valence-electron chi connectivity index (χ0n) is 11.5. The van der Waals surface area contributed by atoms with Crippen LogP contribution in [-0.4, -0.2) is 35.5 Å². The zero-order valence-corrected chi connectivity index (χ0v) is 11.5. The van der Waals surface area contributed by atoms with Crippen molar-refractivity contribution in [2.75, 3.05) is 13.2 Å². The van der Waals surface area contributed by atoms with Crippen LogP contribution in [0.25, 0.3) is 0 Å². The quantitative estimate of drug-likeness (QED) is 0.792. The highest BCUT2D eigenvalue weighted by Gasteiger charge is 2.46. The molecule has 1 aliphatic carbocycles. The summed E-state index contributed by atoms with van der Waals surface area (Å²) in [5.41, 5.74) is -0.471. The Morgan fingerprint density at radius 1 is 1.47 bits per heavy atom. The number of hydrogen-bond acceptors (Lipinski definition) is 3. The van der Waals surface area contributed by atoms with E-state index in [0.29, 0.717) is 18.5 Å². The molecule has 17 heavy (non-hydrogen) atoms. The second-order valence-corrected chi connectivity index (χ2v) is 6.47. The van der Waals surface area contributed by atoms with Crippen LogP contribution in [0.3, 0.4) is 0 Å². The minimum absolute atomic E-state index is 0.130. The van der Waals surface area contributed by atoms with Crippen molar-refractivity contribution >= 4 is 0 Å². The summed E-state index contributed by atoms with van der Waals surface area (Å²) in [6.07, 6.45) is 5.71. The van der Waals surface area contributed by atoms with E-state index in [-0.39, 0.29) is 5.60 Å². The molecular formula is C14H27NO2. The van der Waals surface area contributed by atoms with Gasteiger partial charge in [0.1, 0.15) is 0 Å². The van der Waals surface area contributed by atoms with E-state index in [2.05, 4.69) is 19.2 Å². The number of nitrogens with one attached hydrogen (secondary N) is 1. The summed E-state index contributed by atoms with van der Waals surface area (Å²) in [6, 6.07) is 0.430. The van der Waals surface area contributed by atoms with Gasteiger partial charge in [0, 0.05) is 19.2 Å². The Morgan fingerprint density at radius 2 is 2.18 bits per heavy atom. The second-order valence-electron chi connectivity index (χ2n) is 6.47. The molecule has 0 aromatic rings. The third kappa shape index (κ3) is 3.01. The summed E-state index contributed by atoms with van der Waals surface area (Å²) in [7, 11) is 0. The molecule has 2 atom stereocenters. The Balaban J connectivity index is 1.91. The van der Waals surface area contributed by atoms with E-state index in [1.807, 2.05) is 6.92 Å². The van der Waals surface area contributed by atoms with Crippen molar-refractivity contribution in [2.24, 2.45) is 5.92 Å². The van der Waals surface area contributed by atoms with Gasteiger partial charge >= 0.3 is 0 Å². The van der Waals surface area contributed by atoms with Gasteiger partial charge in [-0.1, -0.05) is 13.8 Å². The van der Waals surface area contributed by atoms with Gasteiger partial charge in [-0.25, -0.2) is 0 Å². The average Bonchev–Trinajstić information content (AvgIpc) is 2.25. The molecule has 2 rings (SSSR count). The van der Waals surface area contributed by atoms with E-state index in [1.165, 1.54) is 19.3 Å². The average molecular weight is 241 g/mol. The fraction of sp³-hybridized carbons (Fsp3) is 1.00. The summed E-state index contributed by atoms with van der Waals surface area (Å²) in [5, 5.41) is 14.0. The lowest BCUT2D eigenvalue weighted by Gasteiger charge is -2.50. The fourth-order valence-corrected chi connectivity index (χ4v) is 3.03. The Morgan fingerprint density at radius 3 is 2.71 bits per heavy atom. The largest absolute Gasteiger partial charge is 0.389 e. The lowest BCUT2D eigenvalue weighted by Crippen LogP contribution is -2.54. The topological polar surface area (TPSA) is 41.5 Å². The van der Waals surface area contributed by atoms with Gasteiger partial charge in [-0.05, 0) is 44.9 Å². The molecule has 2 N–H and O–H groups in total. The molecule has 0 aromatic carbocycles. The molecule has 1 heterocycles. The Kier molecular flexibility index (Phi) is 3.81. The Bertz CT molecular complexity index is 259. The molecule has 1 saturated heterocycles. The lowest BCUT2D eigenvalue weighted by atomic mass is 9.68. The van der Waals surface area contributed by atoms with Gasteiger partial charge in [0.2, 0.25) is 0 Å². The van der Waals surface area contributed by atoms with Crippen LogP contribution in [0, 0.1) is 5.92 Å². The maximum absolute atomic E-state index is 10.6. The van der Waals surface area contributed by atoms with Gasteiger partial charge in [0.05, 0.1) is 11.2 Å². The molecule has 2 unspecified atom stereocenters. The first-order valence-electron chi connectivity index (χ1n) is 7.03. The third-order valence-electron chi connectivity index (χ3n) is 4.51. The van der Waals surface area contributed by atoms with E-state index < -0.39 is 5.60 Å². The van der Waals surface area contributed by atoms with Crippen LogP contribution in [0.5, 0.6) is 0 Å². The first-order chi connectivity index (χ1) is 7.94. The Hall–Kier alpha value is -0.120. The molecule has 2 aliphatic rings. The second kappa shape index (κ2) is 4.87. The van der Waals surface area contributed by atoms with Crippen molar-refractivity contribution in [1.82, 2.24) is 5.32 Å². The number of aliphatic hydroxyl groups is 1. The molecule has 3 nitrogen and oxygen atoms in total. The molecule has 100 valence electrons. The fourth-order valence-electron chi connectivity index (χ4n) is 3.03. The van der Waals surface area contributed by atoms with E-state index in [9.17, 15) is 5.11 Å². The smallest absolute Gasteiger partial charge is 0.0773 e. The first-order valence-corrected chi connectivity index (χ1v) is 7.03. The van der Waals surface area contributed by atoms with E-state index in [4.69, 9.17) is 4.74 Å². The number of rotatable bonds is 4. The van der Waals surface area contributed by atoms with Gasteiger partial charge in [0.25, 0.3) is 0 Å². The third-order valence-corrected chi connectivity index (χ3v) is 4.51. The molecule has 0 radical (unpaired) electrons. The Labute approximate surface area is 105 Å². The lowest BCUT2D eigenvalue weighted by molar-refractivity contribution is -0.171. The van der Waals surface area contributed by atoms with Crippen molar-refractivity contribution in [3.63, 3.8) is 0 Å². The summed E-state index contributed by atoms with van der Waals surface area (Å²) < 4.78 is 5.92. The van der Waals surface area contributed by atoms with Crippen molar-refractivity contribution in [2.45, 2.75) is 70.1 Å². The van der Waals surface area contributed by atoms with Crippen LogP contribution in [0.15, 0.2) is 0 Å². The van der Waals surface area contributed by atoms with E-state index >= 15 is 0 Å². The zero-order chi connectivity index (χ0) is 12.5. The van der Waals surface area contributed by atoms with Gasteiger partial charge in [-0.3, -0.25) is 0 Å². The molecule has 0 aromatic heterocycles. The summed E-state index contributed by atoms with van der Waals surface area (Å²) in [6.45, 7) is 7.72. The molecule has 1 aliphatic heterocycles.